The number of rotatable bonds is 6. The van der Waals surface area contributed by atoms with Gasteiger partial charge in [0.05, 0.1) is 18.9 Å². The molecule has 2 heterocycles. The van der Waals surface area contributed by atoms with Gasteiger partial charge in [-0.2, -0.15) is 5.10 Å². The predicted octanol–water partition coefficient (Wildman–Crippen LogP) is 2.49. The fraction of sp³-hybridized carbons (Fsp3) is 0.444. The van der Waals surface area contributed by atoms with Gasteiger partial charge in [-0.25, -0.2) is 0 Å². The number of nitrogens with one attached hydrogen (secondary N) is 1. The lowest BCUT2D eigenvalue weighted by Gasteiger charge is -2.11. The van der Waals surface area contributed by atoms with Gasteiger partial charge in [-0.05, 0) is 38.0 Å². The SMILES string of the molecule is CCn1nc(-c2ccccc2OC)cc1C(=O)NCC1CCCO1. The fourth-order valence-electron chi connectivity index (χ4n) is 2.93. The molecular weight excluding hydrogens is 306 g/mol. The number of benzene rings is 1. The highest BCUT2D eigenvalue weighted by Crippen LogP contribution is 2.29. The van der Waals surface area contributed by atoms with Crippen LogP contribution in [0, 0.1) is 0 Å². The quantitative estimate of drug-likeness (QED) is 0.884. The highest BCUT2D eigenvalue weighted by Gasteiger charge is 2.20. The molecule has 0 radical (unpaired) electrons. The highest BCUT2D eigenvalue weighted by molar-refractivity contribution is 5.94. The Hall–Kier alpha value is -2.34. The maximum absolute atomic E-state index is 12.5. The van der Waals surface area contributed by atoms with Crippen molar-refractivity contribution in [3.8, 4) is 17.0 Å². The van der Waals surface area contributed by atoms with Crippen molar-refractivity contribution in [3.05, 3.63) is 36.0 Å². The normalized spacial score (nSPS) is 17.0. The fourth-order valence-corrected chi connectivity index (χ4v) is 2.93. The van der Waals surface area contributed by atoms with Crippen LogP contribution in [0.5, 0.6) is 5.75 Å². The van der Waals surface area contributed by atoms with E-state index in [1.807, 2.05) is 37.3 Å². The topological polar surface area (TPSA) is 65.4 Å². The molecule has 6 nitrogen and oxygen atoms in total. The summed E-state index contributed by atoms with van der Waals surface area (Å²) < 4.78 is 12.7. The van der Waals surface area contributed by atoms with E-state index in [4.69, 9.17) is 9.47 Å². The number of amides is 1. The molecule has 1 saturated heterocycles. The van der Waals surface area contributed by atoms with E-state index in [1.165, 1.54) is 0 Å². The first-order valence-electron chi connectivity index (χ1n) is 8.34. The van der Waals surface area contributed by atoms with Crippen LogP contribution in [0.25, 0.3) is 11.3 Å². The van der Waals surface area contributed by atoms with Crippen LogP contribution in [0.1, 0.15) is 30.3 Å². The molecule has 128 valence electrons. The maximum Gasteiger partial charge on any atom is 0.269 e. The third-order valence-corrected chi connectivity index (χ3v) is 4.21. The van der Waals surface area contributed by atoms with Crippen molar-refractivity contribution in [1.29, 1.82) is 0 Å². The molecule has 1 fully saturated rings. The standard InChI is InChI=1S/C18H23N3O3/c1-3-21-16(18(22)19-12-13-7-6-10-24-13)11-15(20-21)14-8-4-5-9-17(14)23-2/h4-5,8-9,11,13H,3,6-7,10,12H2,1-2H3,(H,19,22). The smallest absolute Gasteiger partial charge is 0.269 e. The summed E-state index contributed by atoms with van der Waals surface area (Å²) >= 11 is 0. The van der Waals surface area contributed by atoms with Crippen LogP contribution in [0.2, 0.25) is 0 Å². The lowest BCUT2D eigenvalue weighted by atomic mass is 10.1. The van der Waals surface area contributed by atoms with Gasteiger partial charge < -0.3 is 14.8 Å². The van der Waals surface area contributed by atoms with Gasteiger partial charge in [-0.15, -0.1) is 0 Å². The van der Waals surface area contributed by atoms with E-state index in [2.05, 4.69) is 10.4 Å². The summed E-state index contributed by atoms with van der Waals surface area (Å²) in [6.45, 7) is 3.91. The van der Waals surface area contributed by atoms with Crippen molar-refractivity contribution < 1.29 is 14.3 Å². The first-order valence-corrected chi connectivity index (χ1v) is 8.34. The van der Waals surface area contributed by atoms with Gasteiger partial charge in [0, 0.05) is 25.3 Å². The third-order valence-electron chi connectivity index (χ3n) is 4.21. The third kappa shape index (κ3) is 3.43. The lowest BCUT2D eigenvalue weighted by molar-refractivity contribution is 0.0849. The molecule has 0 aliphatic carbocycles. The zero-order chi connectivity index (χ0) is 16.9. The molecule has 1 aliphatic heterocycles. The van der Waals surface area contributed by atoms with Crippen molar-refractivity contribution in [2.24, 2.45) is 0 Å². The molecular formula is C18H23N3O3. The van der Waals surface area contributed by atoms with E-state index in [0.717, 1.165) is 36.5 Å². The zero-order valence-corrected chi connectivity index (χ0v) is 14.1. The van der Waals surface area contributed by atoms with Gasteiger partial charge in [0.25, 0.3) is 5.91 Å². The summed E-state index contributed by atoms with van der Waals surface area (Å²) in [7, 11) is 1.63. The number of methoxy groups -OCH3 is 1. The van der Waals surface area contributed by atoms with Crippen molar-refractivity contribution in [2.45, 2.75) is 32.4 Å². The molecule has 3 rings (SSSR count). The van der Waals surface area contributed by atoms with Crippen LogP contribution in [-0.2, 0) is 11.3 Å². The molecule has 1 aromatic heterocycles. The number of nitrogens with zero attached hydrogens (tertiary/aromatic N) is 2. The van der Waals surface area contributed by atoms with Crippen LogP contribution < -0.4 is 10.1 Å². The van der Waals surface area contributed by atoms with Gasteiger partial charge in [-0.1, -0.05) is 12.1 Å². The minimum absolute atomic E-state index is 0.124. The first-order chi connectivity index (χ1) is 11.7. The molecule has 1 aromatic carbocycles. The first kappa shape index (κ1) is 16.5. The van der Waals surface area contributed by atoms with Gasteiger partial charge in [0.1, 0.15) is 11.4 Å². The summed E-state index contributed by atoms with van der Waals surface area (Å²) in [5, 5.41) is 7.51. The minimum Gasteiger partial charge on any atom is -0.496 e. The number of para-hydroxylation sites is 1. The van der Waals surface area contributed by atoms with E-state index < -0.39 is 0 Å². The summed E-state index contributed by atoms with van der Waals surface area (Å²) in [5.41, 5.74) is 2.16. The molecule has 0 bridgehead atoms. The Bertz CT molecular complexity index is 705. The Morgan fingerprint density at radius 2 is 2.29 bits per heavy atom. The van der Waals surface area contributed by atoms with Gasteiger partial charge in [0.2, 0.25) is 0 Å². The van der Waals surface area contributed by atoms with Crippen LogP contribution in [0.4, 0.5) is 0 Å². The Morgan fingerprint density at radius 3 is 3.00 bits per heavy atom. The summed E-state index contributed by atoms with van der Waals surface area (Å²) in [6.07, 6.45) is 2.19. The molecule has 1 unspecified atom stereocenters. The molecule has 0 spiro atoms. The second-order valence-electron chi connectivity index (χ2n) is 5.78. The molecule has 1 atom stereocenters. The Balaban J connectivity index is 1.80. The van der Waals surface area contributed by atoms with E-state index in [1.54, 1.807) is 11.8 Å². The van der Waals surface area contributed by atoms with Crippen LogP contribution in [0.3, 0.4) is 0 Å². The number of hydrogen-bond donors (Lipinski definition) is 1. The van der Waals surface area contributed by atoms with Crippen LogP contribution in [-0.4, -0.2) is 42.1 Å². The van der Waals surface area contributed by atoms with Gasteiger partial charge in [0.15, 0.2) is 0 Å². The zero-order valence-electron chi connectivity index (χ0n) is 14.1. The van der Waals surface area contributed by atoms with Gasteiger partial charge >= 0.3 is 0 Å². The highest BCUT2D eigenvalue weighted by atomic mass is 16.5. The summed E-state index contributed by atoms with van der Waals surface area (Å²) in [6, 6.07) is 9.48. The molecule has 24 heavy (non-hydrogen) atoms. The lowest BCUT2D eigenvalue weighted by Crippen LogP contribution is -2.33. The summed E-state index contributed by atoms with van der Waals surface area (Å²) in [5.74, 6) is 0.616. The van der Waals surface area contributed by atoms with Crippen molar-refractivity contribution >= 4 is 5.91 Å². The average molecular weight is 329 g/mol. The molecule has 1 amide bonds. The Labute approximate surface area is 141 Å². The molecule has 1 N–H and O–H groups in total. The molecule has 1 aliphatic rings. The average Bonchev–Trinajstić information content (AvgIpc) is 3.29. The predicted molar refractivity (Wildman–Crippen MR) is 91.2 cm³/mol. The minimum atomic E-state index is -0.124. The Kier molecular flexibility index (Phi) is 5.15. The number of ether oxygens (including phenoxy) is 2. The van der Waals surface area contributed by atoms with E-state index >= 15 is 0 Å². The maximum atomic E-state index is 12.5. The number of aromatic nitrogens is 2. The number of hydrogen-bond acceptors (Lipinski definition) is 4. The van der Waals surface area contributed by atoms with Crippen molar-refractivity contribution in [1.82, 2.24) is 15.1 Å². The number of carbonyl (C=O) groups is 1. The number of aryl methyl sites for hydroxylation is 1. The molecule has 6 heteroatoms. The van der Waals surface area contributed by atoms with Crippen molar-refractivity contribution in [3.63, 3.8) is 0 Å². The molecule has 0 saturated carbocycles. The van der Waals surface area contributed by atoms with E-state index in [-0.39, 0.29) is 12.0 Å². The molecule has 2 aromatic rings. The summed E-state index contributed by atoms with van der Waals surface area (Å²) in [4.78, 5) is 12.5. The largest absolute Gasteiger partial charge is 0.496 e. The second kappa shape index (κ2) is 7.49. The van der Waals surface area contributed by atoms with E-state index in [0.29, 0.717) is 18.8 Å². The second-order valence-corrected chi connectivity index (χ2v) is 5.78. The Morgan fingerprint density at radius 1 is 1.46 bits per heavy atom. The van der Waals surface area contributed by atoms with Gasteiger partial charge in [-0.3, -0.25) is 9.48 Å². The van der Waals surface area contributed by atoms with Crippen LogP contribution in [0.15, 0.2) is 30.3 Å². The monoisotopic (exact) mass is 329 g/mol. The van der Waals surface area contributed by atoms with E-state index in [9.17, 15) is 4.79 Å². The number of carbonyl (C=O) groups excluding carboxylic acids is 1. The van der Waals surface area contributed by atoms with Crippen molar-refractivity contribution in [2.75, 3.05) is 20.3 Å². The van der Waals surface area contributed by atoms with Crippen LogP contribution >= 0.6 is 0 Å².